The third-order valence-electron chi connectivity index (χ3n) is 4.24. The Morgan fingerprint density at radius 3 is 2.74 bits per heavy atom. The second kappa shape index (κ2) is 6.83. The van der Waals surface area contributed by atoms with Crippen LogP contribution in [0.2, 0.25) is 0 Å². The molecular weight excluding hydrogens is 308 g/mol. The highest BCUT2D eigenvalue weighted by Crippen LogP contribution is 2.30. The highest BCUT2D eigenvalue weighted by molar-refractivity contribution is 7.98. The zero-order chi connectivity index (χ0) is 16.4. The maximum atomic E-state index is 11.9. The average molecular weight is 330 g/mol. The number of carbonyl (C=O) groups is 1. The van der Waals surface area contributed by atoms with Gasteiger partial charge >= 0.3 is 0 Å². The van der Waals surface area contributed by atoms with Crippen LogP contribution in [0.3, 0.4) is 0 Å². The quantitative estimate of drug-likeness (QED) is 0.473. The van der Waals surface area contributed by atoms with E-state index in [-0.39, 0.29) is 5.78 Å². The van der Waals surface area contributed by atoms with E-state index in [1.807, 2.05) is 13.8 Å². The topological polar surface area (TPSA) is 60.7 Å². The van der Waals surface area contributed by atoms with Crippen molar-refractivity contribution in [2.24, 2.45) is 0 Å². The molecule has 0 amide bonds. The van der Waals surface area contributed by atoms with Crippen molar-refractivity contribution in [1.29, 1.82) is 0 Å². The molecule has 6 heteroatoms. The summed E-state index contributed by atoms with van der Waals surface area (Å²) >= 11 is 1.56. The van der Waals surface area contributed by atoms with Gasteiger partial charge in [0.15, 0.2) is 5.78 Å². The van der Waals surface area contributed by atoms with Crippen molar-refractivity contribution in [2.45, 2.75) is 63.3 Å². The Hall–Kier alpha value is -1.69. The Kier molecular flexibility index (Phi) is 4.80. The van der Waals surface area contributed by atoms with Crippen molar-refractivity contribution in [3.63, 3.8) is 0 Å². The fraction of sp³-hybridized carbons (Fsp3) is 0.529. The average Bonchev–Trinajstić information content (AvgIpc) is 3.15. The molecule has 1 aliphatic carbocycles. The molecule has 0 aromatic carbocycles. The molecule has 0 saturated heterocycles. The fourth-order valence-electron chi connectivity index (χ4n) is 3.16. The molecule has 1 aliphatic rings. The molecule has 1 saturated carbocycles. The van der Waals surface area contributed by atoms with Gasteiger partial charge in [0.2, 0.25) is 0 Å². The lowest BCUT2D eigenvalue weighted by Crippen LogP contribution is -2.07. The number of aromatic nitrogens is 4. The van der Waals surface area contributed by atoms with Crippen LogP contribution in [0.5, 0.6) is 0 Å². The van der Waals surface area contributed by atoms with Gasteiger partial charge in [0.25, 0.3) is 0 Å². The summed E-state index contributed by atoms with van der Waals surface area (Å²) in [5.74, 6) is 1.43. The van der Waals surface area contributed by atoms with E-state index in [0.717, 1.165) is 22.2 Å². The Morgan fingerprint density at radius 1 is 1.30 bits per heavy atom. The first-order chi connectivity index (χ1) is 11.0. The molecule has 0 unspecified atom stereocenters. The molecule has 2 aromatic heterocycles. The smallest absolute Gasteiger partial charge is 0.164 e. The summed E-state index contributed by atoms with van der Waals surface area (Å²) < 4.78 is 2.10. The SMILES string of the molecule is CC(=O)c1c(C)nc(C)nc1SCc1ccn(C2CCCC2)n1. The number of Topliss-reactive ketones (excluding diaryl/α,β-unsaturated/α-hetero) is 1. The molecular formula is C17H22N4OS. The van der Waals surface area contributed by atoms with Crippen molar-refractivity contribution in [2.75, 3.05) is 0 Å². The molecule has 2 heterocycles. The van der Waals surface area contributed by atoms with Crippen LogP contribution in [-0.4, -0.2) is 25.5 Å². The van der Waals surface area contributed by atoms with Crippen LogP contribution in [0, 0.1) is 13.8 Å². The van der Waals surface area contributed by atoms with Crippen molar-refractivity contribution in [1.82, 2.24) is 19.7 Å². The number of aryl methyl sites for hydroxylation is 2. The molecule has 5 nitrogen and oxygen atoms in total. The summed E-state index contributed by atoms with van der Waals surface area (Å²) in [7, 11) is 0. The van der Waals surface area contributed by atoms with E-state index < -0.39 is 0 Å². The summed E-state index contributed by atoms with van der Waals surface area (Å²) in [6.45, 7) is 5.29. The monoisotopic (exact) mass is 330 g/mol. The van der Waals surface area contributed by atoms with E-state index in [9.17, 15) is 4.79 Å². The lowest BCUT2D eigenvalue weighted by molar-refractivity contribution is 0.101. The van der Waals surface area contributed by atoms with Gasteiger partial charge in [-0.2, -0.15) is 5.10 Å². The number of ketones is 1. The summed E-state index contributed by atoms with van der Waals surface area (Å²) in [6, 6.07) is 2.63. The predicted molar refractivity (Wildman–Crippen MR) is 90.8 cm³/mol. The molecule has 0 bridgehead atoms. The molecule has 23 heavy (non-hydrogen) atoms. The largest absolute Gasteiger partial charge is 0.294 e. The zero-order valence-corrected chi connectivity index (χ0v) is 14.7. The summed E-state index contributed by atoms with van der Waals surface area (Å²) in [5.41, 5.74) is 2.42. The van der Waals surface area contributed by atoms with Crippen LogP contribution in [-0.2, 0) is 5.75 Å². The normalized spacial score (nSPS) is 15.3. The van der Waals surface area contributed by atoms with E-state index in [1.165, 1.54) is 25.7 Å². The second-order valence-corrected chi connectivity index (χ2v) is 7.07. The van der Waals surface area contributed by atoms with Crippen LogP contribution < -0.4 is 0 Å². The highest BCUT2D eigenvalue weighted by Gasteiger charge is 2.18. The molecule has 0 radical (unpaired) electrons. The van der Waals surface area contributed by atoms with E-state index in [1.54, 1.807) is 18.7 Å². The van der Waals surface area contributed by atoms with Gasteiger partial charge in [0.1, 0.15) is 10.9 Å². The number of thioether (sulfide) groups is 1. The standard InChI is InChI=1S/C17H22N4OS/c1-11-16(12(2)22)17(19-13(3)18-11)23-10-14-8-9-21(20-14)15-6-4-5-7-15/h8-9,15H,4-7,10H2,1-3H3. The Morgan fingerprint density at radius 2 is 2.04 bits per heavy atom. The Balaban J connectivity index is 1.74. The van der Waals surface area contributed by atoms with E-state index in [0.29, 0.717) is 17.4 Å². The fourth-order valence-corrected chi connectivity index (χ4v) is 4.23. The minimum absolute atomic E-state index is 0.0153. The van der Waals surface area contributed by atoms with Crippen molar-refractivity contribution in [3.8, 4) is 0 Å². The van der Waals surface area contributed by atoms with Gasteiger partial charge in [-0.1, -0.05) is 24.6 Å². The number of hydrogen-bond acceptors (Lipinski definition) is 5. The van der Waals surface area contributed by atoms with Crippen molar-refractivity contribution >= 4 is 17.5 Å². The molecule has 0 N–H and O–H groups in total. The maximum Gasteiger partial charge on any atom is 0.164 e. The maximum absolute atomic E-state index is 11.9. The summed E-state index contributed by atoms with van der Waals surface area (Å²) in [6.07, 6.45) is 7.14. The molecule has 122 valence electrons. The van der Waals surface area contributed by atoms with Gasteiger partial charge < -0.3 is 0 Å². The lowest BCUT2D eigenvalue weighted by atomic mass is 10.2. The van der Waals surface area contributed by atoms with E-state index >= 15 is 0 Å². The second-order valence-electron chi connectivity index (χ2n) is 6.11. The van der Waals surface area contributed by atoms with Gasteiger partial charge in [-0.05, 0) is 39.7 Å². The van der Waals surface area contributed by atoms with Gasteiger partial charge in [0, 0.05) is 11.9 Å². The number of hydrogen-bond donors (Lipinski definition) is 0. The van der Waals surface area contributed by atoms with Crippen molar-refractivity contribution in [3.05, 3.63) is 35.0 Å². The van der Waals surface area contributed by atoms with Gasteiger partial charge in [0.05, 0.1) is 23.0 Å². The zero-order valence-electron chi connectivity index (χ0n) is 13.9. The third-order valence-corrected chi connectivity index (χ3v) is 5.25. The minimum Gasteiger partial charge on any atom is -0.294 e. The molecule has 2 aromatic rings. The summed E-state index contributed by atoms with van der Waals surface area (Å²) in [4.78, 5) is 20.6. The highest BCUT2D eigenvalue weighted by atomic mass is 32.2. The molecule has 0 aliphatic heterocycles. The van der Waals surface area contributed by atoms with Crippen LogP contribution in [0.4, 0.5) is 0 Å². The first-order valence-electron chi connectivity index (χ1n) is 8.07. The van der Waals surface area contributed by atoms with Crippen molar-refractivity contribution < 1.29 is 4.79 Å². The van der Waals surface area contributed by atoms with E-state index in [4.69, 9.17) is 5.10 Å². The Bertz CT molecular complexity index is 719. The number of rotatable bonds is 5. The molecule has 0 atom stereocenters. The molecule has 0 spiro atoms. The van der Waals surface area contributed by atoms with Crippen LogP contribution in [0.15, 0.2) is 17.3 Å². The molecule has 3 rings (SSSR count). The minimum atomic E-state index is 0.0153. The first kappa shape index (κ1) is 16.2. The first-order valence-corrected chi connectivity index (χ1v) is 9.06. The Labute approximate surface area is 140 Å². The predicted octanol–water partition coefficient (Wildman–Crippen LogP) is 3.90. The number of nitrogens with zero attached hydrogens (tertiary/aromatic N) is 4. The van der Waals surface area contributed by atoms with Crippen LogP contribution in [0.25, 0.3) is 0 Å². The van der Waals surface area contributed by atoms with E-state index in [2.05, 4.69) is 26.9 Å². The third kappa shape index (κ3) is 3.63. The number of carbonyl (C=O) groups excluding carboxylic acids is 1. The summed E-state index contributed by atoms with van der Waals surface area (Å²) in [5, 5.41) is 5.46. The van der Waals surface area contributed by atoms with Gasteiger partial charge in [-0.3, -0.25) is 9.48 Å². The lowest BCUT2D eigenvalue weighted by Gasteiger charge is -2.10. The van der Waals surface area contributed by atoms with Gasteiger partial charge in [-0.25, -0.2) is 9.97 Å². The molecule has 1 fully saturated rings. The van der Waals surface area contributed by atoms with Crippen LogP contribution in [0.1, 0.15) is 66.2 Å². The van der Waals surface area contributed by atoms with Crippen LogP contribution >= 0.6 is 11.8 Å². The van der Waals surface area contributed by atoms with Gasteiger partial charge in [-0.15, -0.1) is 0 Å².